The normalized spacial score (nSPS) is 19.3. The molecule has 1 aromatic carbocycles. The maximum absolute atomic E-state index is 13.0. The Morgan fingerprint density at radius 3 is 2.52 bits per heavy atom. The topological polar surface area (TPSA) is 131 Å². The summed E-state index contributed by atoms with van der Waals surface area (Å²) in [5.41, 5.74) is 9.42. The second-order valence-corrected chi connectivity index (χ2v) is 9.54. The minimum absolute atomic E-state index is 0.170. The van der Waals surface area contributed by atoms with Gasteiger partial charge in [-0.3, -0.25) is 4.98 Å². The lowest BCUT2D eigenvalue weighted by atomic mass is 9.94. The molecular formula is C22H25N5O3S. The average Bonchev–Trinajstić information content (AvgIpc) is 2.76. The summed E-state index contributed by atoms with van der Waals surface area (Å²) in [6.45, 7) is 1.89. The van der Waals surface area contributed by atoms with Gasteiger partial charge in [-0.25, -0.2) is 23.1 Å². The minimum atomic E-state index is -3.71. The number of pyridine rings is 1. The Balaban J connectivity index is 1.67. The fourth-order valence-corrected chi connectivity index (χ4v) is 5.11. The van der Waals surface area contributed by atoms with Gasteiger partial charge in [-0.1, -0.05) is 6.07 Å². The summed E-state index contributed by atoms with van der Waals surface area (Å²) >= 11 is 0. The van der Waals surface area contributed by atoms with E-state index in [-0.39, 0.29) is 22.9 Å². The molecule has 3 aromatic rings. The predicted molar refractivity (Wildman–Crippen MR) is 118 cm³/mol. The highest BCUT2D eigenvalue weighted by Crippen LogP contribution is 2.29. The molecule has 2 aromatic heterocycles. The molecule has 2 heterocycles. The van der Waals surface area contributed by atoms with Gasteiger partial charge in [0.05, 0.1) is 22.9 Å². The third kappa shape index (κ3) is 4.73. The summed E-state index contributed by atoms with van der Waals surface area (Å²) in [7, 11) is -3.71. The number of nitrogens with zero attached hydrogens (tertiary/aromatic N) is 3. The monoisotopic (exact) mass is 439 g/mol. The molecule has 9 heteroatoms. The van der Waals surface area contributed by atoms with Gasteiger partial charge in [-0.2, -0.15) is 0 Å². The number of anilines is 1. The van der Waals surface area contributed by atoms with Gasteiger partial charge >= 0.3 is 0 Å². The number of aliphatic hydroxyl groups excluding tert-OH is 1. The molecule has 162 valence electrons. The molecule has 1 saturated carbocycles. The number of hydrogen-bond donors (Lipinski definition) is 3. The maximum Gasteiger partial charge on any atom is 0.240 e. The SMILES string of the molecule is Cc1ccc(S(=O)(=O)N[C@H]2CC[C@H](O)CC2)cc1-c1cnc(N)c(-c2ccncc2)n1. The van der Waals surface area contributed by atoms with Crippen LogP contribution in [-0.4, -0.2) is 40.6 Å². The average molecular weight is 440 g/mol. The van der Waals surface area contributed by atoms with E-state index in [2.05, 4.69) is 19.7 Å². The van der Waals surface area contributed by atoms with Crippen LogP contribution in [-0.2, 0) is 10.0 Å². The van der Waals surface area contributed by atoms with Crippen molar-refractivity contribution in [3.8, 4) is 22.5 Å². The number of hydrogen-bond acceptors (Lipinski definition) is 7. The molecule has 8 nitrogen and oxygen atoms in total. The zero-order chi connectivity index (χ0) is 22.0. The molecule has 0 atom stereocenters. The van der Waals surface area contributed by atoms with Crippen molar-refractivity contribution in [3.05, 3.63) is 54.5 Å². The molecule has 0 unspecified atom stereocenters. The maximum atomic E-state index is 13.0. The van der Waals surface area contributed by atoms with E-state index in [1.807, 2.05) is 6.92 Å². The van der Waals surface area contributed by atoms with Gasteiger partial charge in [0.15, 0.2) is 0 Å². The summed E-state index contributed by atoms with van der Waals surface area (Å²) in [4.78, 5) is 13.1. The molecule has 0 amide bonds. The van der Waals surface area contributed by atoms with Crippen LogP contribution in [0.25, 0.3) is 22.5 Å². The number of nitrogens with two attached hydrogens (primary N) is 1. The number of aryl methyl sites for hydroxylation is 1. The van der Waals surface area contributed by atoms with Crippen molar-refractivity contribution in [1.29, 1.82) is 0 Å². The smallest absolute Gasteiger partial charge is 0.240 e. The van der Waals surface area contributed by atoms with Crippen LogP contribution in [0.4, 0.5) is 5.82 Å². The Kier molecular flexibility index (Phi) is 5.99. The van der Waals surface area contributed by atoms with Crippen LogP contribution in [0.3, 0.4) is 0 Å². The summed E-state index contributed by atoms with van der Waals surface area (Å²) < 4.78 is 28.7. The number of nitrogen functional groups attached to an aromatic ring is 1. The highest BCUT2D eigenvalue weighted by molar-refractivity contribution is 7.89. The van der Waals surface area contributed by atoms with E-state index >= 15 is 0 Å². The van der Waals surface area contributed by atoms with E-state index in [9.17, 15) is 13.5 Å². The lowest BCUT2D eigenvalue weighted by Gasteiger charge is -2.26. The molecule has 4 rings (SSSR count). The van der Waals surface area contributed by atoms with Crippen LogP contribution in [0, 0.1) is 6.92 Å². The number of benzene rings is 1. The molecule has 0 aliphatic heterocycles. The van der Waals surface area contributed by atoms with Gasteiger partial charge in [0.25, 0.3) is 0 Å². The Hall–Kier alpha value is -2.88. The first-order chi connectivity index (χ1) is 14.8. The molecule has 1 aliphatic carbocycles. The molecule has 4 N–H and O–H groups in total. The molecule has 31 heavy (non-hydrogen) atoms. The molecular weight excluding hydrogens is 414 g/mol. The summed E-state index contributed by atoms with van der Waals surface area (Å²) in [5, 5.41) is 9.66. The van der Waals surface area contributed by atoms with E-state index in [1.165, 1.54) is 0 Å². The van der Waals surface area contributed by atoms with E-state index < -0.39 is 10.0 Å². The Bertz CT molecular complexity index is 1180. The number of nitrogens with one attached hydrogen (secondary N) is 1. The standard InChI is InChI=1S/C22H25N5O3S/c1-14-2-7-18(31(29,30)27-16-3-5-17(28)6-4-16)12-19(14)20-13-25-22(23)21(26-20)15-8-10-24-11-9-15/h2,7-13,16-17,27-28H,3-6H2,1H3,(H2,23,25)/t16-,17-. The van der Waals surface area contributed by atoms with Crippen LogP contribution in [0.2, 0.25) is 0 Å². The van der Waals surface area contributed by atoms with Crippen LogP contribution in [0.5, 0.6) is 0 Å². The fraction of sp³-hybridized carbons (Fsp3) is 0.318. The first-order valence-corrected chi connectivity index (χ1v) is 11.7. The Labute approximate surface area is 181 Å². The molecule has 0 saturated heterocycles. The van der Waals surface area contributed by atoms with Gasteiger partial charge in [-0.05, 0) is 62.4 Å². The summed E-state index contributed by atoms with van der Waals surface area (Å²) in [6.07, 6.45) is 6.96. The van der Waals surface area contributed by atoms with Crippen LogP contribution >= 0.6 is 0 Å². The van der Waals surface area contributed by atoms with Crippen molar-refractivity contribution < 1.29 is 13.5 Å². The highest BCUT2D eigenvalue weighted by Gasteiger charge is 2.25. The Morgan fingerprint density at radius 1 is 1.10 bits per heavy atom. The molecule has 0 spiro atoms. The minimum Gasteiger partial charge on any atom is -0.393 e. The fourth-order valence-electron chi connectivity index (χ4n) is 3.78. The first-order valence-electron chi connectivity index (χ1n) is 10.2. The lowest BCUT2D eigenvalue weighted by Crippen LogP contribution is -2.38. The number of aromatic nitrogens is 3. The predicted octanol–water partition coefficient (Wildman–Crippen LogP) is 2.68. The van der Waals surface area contributed by atoms with Crippen LogP contribution in [0.15, 0.2) is 53.8 Å². The van der Waals surface area contributed by atoms with E-state index in [0.29, 0.717) is 42.6 Å². The Morgan fingerprint density at radius 2 is 1.81 bits per heavy atom. The van der Waals surface area contributed by atoms with Crippen molar-refractivity contribution in [2.45, 2.75) is 49.6 Å². The summed E-state index contributed by atoms with van der Waals surface area (Å²) in [6, 6.07) is 8.39. The van der Waals surface area contributed by atoms with Gasteiger partial charge in [0, 0.05) is 29.6 Å². The van der Waals surface area contributed by atoms with E-state index in [1.54, 1.807) is 48.9 Å². The molecule has 0 bridgehead atoms. The molecule has 1 aliphatic rings. The number of rotatable bonds is 5. The van der Waals surface area contributed by atoms with Crippen molar-refractivity contribution >= 4 is 15.8 Å². The highest BCUT2D eigenvalue weighted by atomic mass is 32.2. The van der Waals surface area contributed by atoms with Gasteiger partial charge in [-0.15, -0.1) is 0 Å². The largest absolute Gasteiger partial charge is 0.393 e. The third-order valence-electron chi connectivity index (χ3n) is 5.57. The summed E-state index contributed by atoms with van der Waals surface area (Å²) in [5.74, 6) is 0.289. The lowest BCUT2D eigenvalue weighted by molar-refractivity contribution is 0.120. The van der Waals surface area contributed by atoms with Crippen molar-refractivity contribution in [2.24, 2.45) is 0 Å². The zero-order valence-electron chi connectivity index (χ0n) is 17.2. The van der Waals surface area contributed by atoms with Crippen molar-refractivity contribution in [3.63, 3.8) is 0 Å². The second-order valence-electron chi connectivity index (χ2n) is 7.83. The second kappa shape index (κ2) is 8.70. The van der Waals surface area contributed by atoms with Crippen LogP contribution in [0.1, 0.15) is 31.2 Å². The number of sulfonamides is 1. The number of aliphatic hydroxyl groups is 1. The van der Waals surface area contributed by atoms with Gasteiger partial charge in [0.2, 0.25) is 10.0 Å². The quantitative estimate of drug-likeness (QED) is 0.557. The van der Waals surface area contributed by atoms with Gasteiger partial charge < -0.3 is 10.8 Å². The van der Waals surface area contributed by atoms with Gasteiger partial charge in [0.1, 0.15) is 11.5 Å². The van der Waals surface area contributed by atoms with Crippen molar-refractivity contribution in [1.82, 2.24) is 19.7 Å². The molecule has 1 fully saturated rings. The molecule has 0 radical (unpaired) electrons. The van der Waals surface area contributed by atoms with Crippen molar-refractivity contribution in [2.75, 3.05) is 5.73 Å². The third-order valence-corrected chi connectivity index (χ3v) is 7.09. The van der Waals surface area contributed by atoms with E-state index in [0.717, 1.165) is 11.1 Å². The first kappa shape index (κ1) is 21.4. The zero-order valence-corrected chi connectivity index (χ0v) is 18.0. The van der Waals surface area contributed by atoms with E-state index in [4.69, 9.17) is 5.73 Å². The van der Waals surface area contributed by atoms with Crippen LogP contribution < -0.4 is 10.5 Å².